The lowest BCUT2D eigenvalue weighted by Gasteiger charge is -2.38. The lowest BCUT2D eigenvalue weighted by atomic mass is 9.90. The second-order valence-corrected chi connectivity index (χ2v) is 8.66. The zero-order valence-corrected chi connectivity index (χ0v) is 16.2. The lowest BCUT2D eigenvalue weighted by Crippen LogP contribution is -2.49. The Morgan fingerprint density at radius 2 is 1.96 bits per heavy atom. The normalized spacial score (nSPS) is 30.5. The molecule has 6 nitrogen and oxygen atoms in total. The van der Waals surface area contributed by atoms with Gasteiger partial charge in [0.1, 0.15) is 5.56 Å². The van der Waals surface area contributed by atoms with Gasteiger partial charge in [-0.2, -0.15) is 0 Å². The van der Waals surface area contributed by atoms with Crippen molar-refractivity contribution in [2.75, 3.05) is 19.7 Å². The number of nitrogens with zero attached hydrogens (tertiary/aromatic N) is 2. The highest BCUT2D eigenvalue weighted by Gasteiger charge is 2.44. The maximum Gasteiger partial charge on any atom is 0.263 e. The number of carbonyl (C=O) groups excluding carboxylic acids is 1. The summed E-state index contributed by atoms with van der Waals surface area (Å²) < 4.78 is 1.74. The topological polar surface area (TPSA) is 74.6 Å². The summed E-state index contributed by atoms with van der Waals surface area (Å²) in [6, 6.07) is 2.25. The number of hydrogen-bond acceptors (Lipinski definition) is 4. The smallest absolute Gasteiger partial charge is 0.263 e. The Bertz CT molecular complexity index is 740. The molecular weight excluding hydrogens is 342 g/mol. The molecule has 1 aromatic heterocycles. The highest BCUT2D eigenvalue weighted by atomic mass is 16.3. The van der Waals surface area contributed by atoms with E-state index in [9.17, 15) is 14.7 Å². The maximum atomic E-state index is 13.4. The van der Waals surface area contributed by atoms with Crippen LogP contribution in [0.15, 0.2) is 17.1 Å². The second-order valence-electron chi connectivity index (χ2n) is 8.66. The SMILES string of the molecule is Cc1ccn(CC2CCCNC2)c(=O)c1C(=O)N1[C@@H]2CC[C@H]1CC(CO)C2. The molecule has 27 heavy (non-hydrogen) atoms. The van der Waals surface area contributed by atoms with E-state index in [0.717, 1.165) is 57.2 Å². The summed E-state index contributed by atoms with van der Waals surface area (Å²) in [7, 11) is 0. The first kappa shape index (κ1) is 18.7. The molecule has 4 heterocycles. The number of aromatic nitrogens is 1. The van der Waals surface area contributed by atoms with E-state index in [1.807, 2.05) is 24.1 Å². The summed E-state index contributed by atoms with van der Waals surface area (Å²) in [6.45, 7) is 4.72. The van der Waals surface area contributed by atoms with Gasteiger partial charge in [0.25, 0.3) is 11.5 Å². The van der Waals surface area contributed by atoms with Crippen LogP contribution in [0.2, 0.25) is 0 Å². The molecule has 148 valence electrons. The quantitative estimate of drug-likeness (QED) is 0.839. The Labute approximate surface area is 160 Å². The van der Waals surface area contributed by atoms with Crippen LogP contribution in [-0.2, 0) is 6.54 Å². The van der Waals surface area contributed by atoms with Gasteiger partial charge in [0.15, 0.2) is 0 Å². The van der Waals surface area contributed by atoms with Crippen LogP contribution in [0.25, 0.3) is 0 Å². The predicted molar refractivity (Wildman–Crippen MR) is 104 cm³/mol. The van der Waals surface area contributed by atoms with Crippen LogP contribution in [0.4, 0.5) is 0 Å². The van der Waals surface area contributed by atoms with E-state index in [2.05, 4.69) is 5.32 Å². The lowest BCUT2D eigenvalue weighted by molar-refractivity contribution is 0.0450. The number of amides is 1. The number of pyridine rings is 1. The fourth-order valence-electron chi connectivity index (χ4n) is 5.33. The first-order valence-electron chi connectivity index (χ1n) is 10.4. The number of hydrogen-bond donors (Lipinski definition) is 2. The monoisotopic (exact) mass is 373 g/mol. The van der Waals surface area contributed by atoms with Gasteiger partial charge in [-0.1, -0.05) is 0 Å². The van der Waals surface area contributed by atoms with Crippen molar-refractivity contribution in [1.82, 2.24) is 14.8 Å². The van der Waals surface area contributed by atoms with Gasteiger partial charge in [0.05, 0.1) is 0 Å². The van der Waals surface area contributed by atoms with E-state index in [1.54, 1.807) is 4.57 Å². The van der Waals surface area contributed by atoms with Gasteiger partial charge in [0, 0.05) is 31.4 Å². The maximum absolute atomic E-state index is 13.4. The molecule has 1 amide bonds. The van der Waals surface area contributed by atoms with Crippen LogP contribution in [0, 0.1) is 18.8 Å². The van der Waals surface area contributed by atoms with Crippen molar-refractivity contribution in [1.29, 1.82) is 0 Å². The van der Waals surface area contributed by atoms with Crippen LogP contribution < -0.4 is 10.9 Å². The van der Waals surface area contributed by atoms with Crippen LogP contribution >= 0.6 is 0 Å². The van der Waals surface area contributed by atoms with Gasteiger partial charge in [0.2, 0.25) is 0 Å². The van der Waals surface area contributed by atoms with Gasteiger partial charge in [-0.3, -0.25) is 9.59 Å². The minimum Gasteiger partial charge on any atom is -0.396 e. The zero-order valence-electron chi connectivity index (χ0n) is 16.2. The van der Waals surface area contributed by atoms with E-state index in [-0.39, 0.29) is 30.2 Å². The Kier molecular flexibility index (Phi) is 5.37. The summed E-state index contributed by atoms with van der Waals surface area (Å²) in [5, 5.41) is 12.9. The molecule has 2 unspecified atom stereocenters. The Morgan fingerprint density at radius 3 is 2.59 bits per heavy atom. The third-order valence-corrected chi connectivity index (χ3v) is 6.76. The molecule has 6 heteroatoms. The van der Waals surface area contributed by atoms with Crippen LogP contribution in [0.5, 0.6) is 0 Å². The van der Waals surface area contributed by atoms with Crippen molar-refractivity contribution >= 4 is 5.91 Å². The molecule has 0 saturated carbocycles. The number of rotatable bonds is 4. The standard InChI is InChI=1S/C21H31N3O3/c1-14-6-8-23(12-15-3-2-7-22-11-15)20(26)19(14)21(27)24-17-4-5-18(24)10-16(9-17)13-25/h6,8,15-18,22,25H,2-5,7,9-13H2,1H3/t15?,16?,17-,18+. The van der Waals surface area contributed by atoms with Gasteiger partial charge in [-0.25, -0.2) is 0 Å². The fourth-order valence-corrected chi connectivity index (χ4v) is 5.33. The molecule has 3 aliphatic heterocycles. The van der Waals surface area contributed by atoms with Gasteiger partial charge in [-0.05, 0) is 82.0 Å². The van der Waals surface area contributed by atoms with Crippen molar-refractivity contribution in [2.45, 2.75) is 64.1 Å². The molecule has 3 fully saturated rings. The largest absolute Gasteiger partial charge is 0.396 e. The first-order chi connectivity index (χ1) is 13.1. The van der Waals surface area contributed by atoms with Crippen LogP contribution in [0.1, 0.15) is 54.4 Å². The van der Waals surface area contributed by atoms with E-state index >= 15 is 0 Å². The fraction of sp³-hybridized carbons (Fsp3) is 0.714. The number of aliphatic hydroxyl groups excluding tert-OH is 1. The molecule has 4 rings (SSSR count). The van der Waals surface area contributed by atoms with E-state index in [1.165, 1.54) is 0 Å². The highest BCUT2D eigenvalue weighted by molar-refractivity contribution is 5.96. The summed E-state index contributed by atoms with van der Waals surface area (Å²) in [5.41, 5.74) is 0.974. The minimum atomic E-state index is -0.144. The average Bonchev–Trinajstić information content (AvgIpc) is 2.94. The molecule has 1 aromatic rings. The number of fused-ring (bicyclic) bond motifs is 2. The van der Waals surface area contributed by atoms with Crippen molar-refractivity contribution in [3.63, 3.8) is 0 Å². The summed E-state index contributed by atoms with van der Waals surface area (Å²) in [4.78, 5) is 28.5. The molecule has 2 bridgehead atoms. The molecule has 0 radical (unpaired) electrons. The summed E-state index contributed by atoms with van der Waals surface area (Å²) in [6.07, 6.45) is 7.78. The molecule has 4 atom stereocenters. The number of aryl methyl sites for hydroxylation is 1. The van der Waals surface area contributed by atoms with Gasteiger partial charge < -0.3 is 19.9 Å². The molecule has 0 aliphatic carbocycles. The van der Waals surface area contributed by atoms with Crippen molar-refractivity contribution in [2.24, 2.45) is 11.8 Å². The van der Waals surface area contributed by atoms with Crippen molar-refractivity contribution in [3.05, 3.63) is 33.7 Å². The molecule has 3 saturated heterocycles. The van der Waals surface area contributed by atoms with E-state index in [0.29, 0.717) is 23.9 Å². The average molecular weight is 373 g/mol. The molecule has 3 aliphatic rings. The minimum absolute atomic E-state index is 0.0995. The van der Waals surface area contributed by atoms with Crippen molar-refractivity contribution < 1.29 is 9.90 Å². The van der Waals surface area contributed by atoms with Gasteiger partial charge >= 0.3 is 0 Å². The number of carbonyl (C=O) groups is 1. The molecule has 2 N–H and O–H groups in total. The molecular formula is C21H31N3O3. The molecule has 0 aromatic carbocycles. The zero-order chi connectivity index (χ0) is 19.0. The highest BCUT2D eigenvalue weighted by Crippen LogP contribution is 2.39. The number of nitrogens with one attached hydrogen (secondary N) is 1. The summed E-state index contributed by atoms with van der Waals surface area (Å²) >= 11 is 0. The predicted octanol–water partition coefficient (Wildman–Crippen LogP) is 1.53. The van der Waals surface area contributed by atoms with Crippen LogP contribution in [-0.4, -0.2) is 52.3 Å². The number of piperidine rings is 2. The second kappa shape index (κ2) is 7.76. The number of aliphatic hydroxyl groups is 1. The third-order valence-electron chi connectivity index (χ3n) is 6.76. The van der Waals surface area contributed by atoms with E-state index in [4.69, 9.17) is 0 Å². The Hall–Kier alpha value is -1.66. The first-order valence-corrected chi connectivity index (χ1v) is 10.4. The van der Waals surface area contributed by atoms with Gasteiger partial charge in [-0.15, -0.1) is 0 Å². The Morgan fingerprint density at radius 1 is 1.22 bits per heavy atom. The van der Waals surface area contributed by atoms with E-state index < -0.39 is 0 Å². The van der Waals surface area contributed by atoms with Crippen LogP contribution in [0.3, 0.4) is 0 Å². The molecule has 0 spiro atoms. The third kappa shape index (κ3) is 3.57. The Balaban J connectivity index is 1.58. The summed E-state index contributed by atoms with van der Waals surface area (Å²) in [5.74, 6) is 0.634. The van der Waals surface area contributed by atoms with Crippen molar-refractivity contribution in [3.8, 4) is 0 Å².